The number of aryl methyl sites for hydroxylation is 1. The van der Waals surface area contributed by atoms with Crippen LogP contribution in [0.3, 0.4) is 0 Å². The van der Waals surface area contributed by atoms with Crippen molar-refractivity contribution >= 4 is 17.6 Å². The van der Waals surface area contributed by atoms with Crippen molar-refractivity contribution < 1.29 is 14.7 Å². The summed E-state index contributed by atoms with van der Waals surface area (Å²) in [7, 11) is 3.37. The van der Waals surface area contributed by atoms with Gasteiger partial charge in [0.25, 0.3) is 0 Å². The highest BCUT2D eigenvalue weighted by atomic mass is 16.4. The molecule has 0 spiro atoms. The van der Waals surface area contributed by atoms with Crippen molar-refractivity contribution in [2.45, 2.75) is 20.3 Å². The van der Waals surface area contributed by atoms with Crippen LogP contribution in [0.1, 0.15) is 29.4 Å². The van der Waals surface area contributed by atoms with Gasteiger partial charge in [0.2, 0.25) is 5.91 Å². The van der Waals surface area contributed by atoms with Crippen LogP contribution in [0.5, 0.6) is 0 Å². The Hall–Kier alpha value is -2.11. The Bertz CT molecular complexity index is 500. The third-order valence-corrected chi connectivity index (χ3v) is 2.91. The zero-order valence-corrected chi connectivity index (χ0v) is 12.4. The third kappa shape index (κ3) is 3.94. The van der Waals surface area contributed by atoms with Crippen LogP contribution in [-0.2, 0) is 4.79 Å². The minimum Gasteiger partial charge on any atom is -0.478 e. The molecule has 0 aliphatic carbocycles. The molecule has 1 aromatic heterocycles. The summed E-state index contributed by atoms with van der Waals surface area (Å²) in [6.07, 6.45) is 2.16. The summed E-state index contributed by atoms with van der Waals surface area (Å²) < 4.78 is 0. The Labute approximate surface area is 119 Å². The van der Waals surface area contributed by atoms with E-state index < -0.39 is 5.97 Å². The molecule has 0 radical (unpaired) electrons. The normalized spacial score (nSPS) is 10.2. The van der Waals surface area contributed by atoms with Gasteiger partial charge in [-0.15, -0.1) is 0 Å². The topological polar surface area (TPSA) is 73.7 Å². The van der Waals surface area contributed by atoms with Gasteiger partial charge in [-0.05, 0) is 19.4 Å². The second-order valence-corrected chi connectivity index (χ2v) is 4.86. The van der Waals surface area contributed by atoms with Crippen molar-refractivity contribution in [1.29, 1.82) is 0 Å². The number of carboxylic acids is 1. The lowest BCUT2D eigenvalue weighted by atomic mass is 10.1. The van der Waals surface area contributed by atoms with Crippen molar-refractivity contribution in [2.24, 2.45) is 0 Å². The number of hydrogen-bond acceptors (Lipinski definition) is 4. The monoisotopic (exact) mass is 279 g/mol. The smallest absolute Gasteiger partial charge is 0.339 e. The first kappa shape index (κ1) is 15.9. The van der Waals surface area contributed by atoms with Crippen LogP contribution in [-0.4, -0.2) is 54.1 Å². The van der Waals surface area contributed by atoms with Crippen molar-refractivity contribution in [2.75, 3.05) is 32.1 Å². The average Bonchev–Trinajstić information content (AvgIpc) is 2.37. The van der Waals surface area contributed by atoms with E-state index in [0.29, 0.717) is 12.2 Å². The number of rotatable bonds is 6. The molecular formula is C14H21N3O3. The van der Waals surface area contributed by atoms with Crippen LogP contribution in [0.4, 0.5) is 5.69 Å². The lowest BCUT2D eigenvalue weighted by molar-refractivity contribution is -0.127. The van der Waals surface area contributed by atoms with Gasteiger partial charge in [-0.25, -0.2) is 4.79 Å². The number of carboxylic acid groups (broad SMARTS) is 1. The van der Waals surface area contributed by atoms with E-state index >= 15 is 0 Å². The van der Waals surface area contributed by atoms with Gasteiger partial charge in [0, 0.05) is 32.5 Å². The molecule has 0 saturated carbocycles. The summed E-state index contributed by atoms with van der Waals surface area (Å²) in [6.45, 7) is 4.56. The molecule has 0 unspecified atom stereocenters. The maximum atomic E-state index is 11.9. The van der Waals surface area contributed by atoms with Gasteiger partial charge in [0.15, 0.2) is 0 Å². The van der Waals surface area contributed by atoms with Gasteiger partial charge < -0.3 is 14.9 Å². The molecule has 0 aliphatic rings. The van der Waals surface area contributed by atoms with E-state index in [1.165, 1.54) is 11.1 Å². The number of anilines is 1. The second kappa shape index (κ2) is 6.88. The number of nitrogens with zero attached hydrogens (tertiary/aromatic N) is 3. The Morgan fingerprint density at radius 3 is 2.50 bits per heavy atom. The van der Waals surface area contributed by atoms with E-state index in [-0.39, 0.29) is 18.0 Å². The molecule has 1 rings (SSSR count). The molecule has 1 N–H and O–H groups in total. The molecule has 110 valence electrons. The molecule has 0 saturated heterocycles. The van der Waals surface area contributed by atoms with Crippen LogP contribution in [0, 0.1) is 6.92 Å². The Morgan fingerprint density at radius 2 is 2.00 bits per heavy atom. The fourth-order valence-corrected chi connectivity index (χ4v) is 1.83. The summed E-state index contributed by atoms with van der Waals surface area (Å²) in [4.78, 5) is 30.5. The first-order valence-corrected chi connectivity index (χ1v) is 6.51. The number of carbonyl (C=O) groups excluding carboxylic acids is 1. The number of hydrogen-bond donors (Lipinski definition) is 1. The molecule has 0 fully saturated rings. The molecule has 1 heterocycles. The summed E-state index contributed by atoms with van der Waals surface area (Å²) in [5.41, 5.74) is 1.39. The number of carbonyl (C=O) groups is 2. The molecular weight excluding hydrogens is 258 g/mol. The number of aromatic carboxylic acids is 1. The summed E-state index contributed by atoms with van der Waals surface area (Å²) in [6, 6.07) is 1.71. The number of aromatic nitrogens is 1. The van der Waals surface area contributed by atoms with Crippen LogP contribution >= 0.6 is 0 Å². The highest BCUT2D eigenvalue weighted by Gasteiger charge is 2.19. The van der Waals surface area contributed by atoms with Gasteiger partial charge in [-0.2, -0.15) is 0 Å². The standard InChI is InChI=1S/C14H21N3O3/c1-5-6-17(9-13(18)16(3)4)12-7-10(2)15-8-11(12)14(19)20/h7-8H,5-6,9H2,1-4H3,(H,19,20). The van der Waals surface area contributed by atoms with Gasteiger partial charge >= 0.3 is 5.97 Å². The average molecular weight is 279 g/mol. The minimum atomic E-state index is -1.04. The predicted octanol–water partition coefficient (Wildman–Crippen LogP) is 1.39. The lowest BCUT2D eigenvalue weighted by Crippen LogP contribution is -2.38. The second-order valence-electron chi connectivity index (χ2n) is 4.86. The SMILES string of the molecule is CCCN(CC(=O)N(C)C)c1cc(C)ncc1C(=O)O. The first-order valence-electron chi connectivity index (χ1n) is 6.51. The van der Waals surface area contributed by atoms with E-state index in [2.05, 4.69) is 4.98 Å². The van der Waals surface area contributed by atoms with E-state index in [1.807, 2.05) is 6.92 Å². The molecule has 6 nitrogen and oxygen atoms in total. The zero-order valence-electron chi connectivity index (χ0n) is 12.4. The van der Waals surface area contributed by atoms with Crippen molar-refractivity contribution in [3.63, 3.8) is 0 Å². The summed E-state index contributed by atoms with van der Waals surface area (Å²) in [5, 5.41) is 9.25. The fraction of sp³-hybridized carbons (Fsp3) is 0.500. The van der Waals surface area contributed by atoms with Gasteiger partial charge in [-0.3, -0.25) is 9.78 Å². The van der Waals surface area contributed by atoms with Crippen molar-refractivity contribution in [3.8, 4) is 0 Å². The summed E-state index contributed by atoms with van der Waals surface area (Å²) in [5.74, 6) is -1.10. The molecule has 0 atom stereocenters. The van der Waals surface area contributed by atoms with Gasteiger partial charge in [-0.1, -0.05) is 6.92 Å². The van der Waals surface area contributed by atoms with E-state index in [4.69, 9.17) is 0 Å². The minimum absolute atomic E-state index is 0.0655. The Morgan fingerprint density at radius 1 is 1.35 bits per heavy atom. The van der Waals surface area contributed by atoms with E-state index in [9.17, 15) is 14.7 Å². The van der Waals surface area contributed by atoms with Crippen LogP contribution in [0.25, 0.3) is 0 Å². The molecule has 1 aromatic rings. The lowest BCUT2D eigenvalue weighted by Gasteiger charge is -2.26. The maximum Gasteiger partial charge on any atom is 0.339 e. The van der Waals surface area contributed by atoms with Crippen LogP contribution in [0.15, 0.2) is 12.3 Å². The first-order chi connectivity index (χ1) is 9.36. The molecule has 1 amide bonds. The Balaban J connectivity index is 3.16. The quantitative estimate of drug-likeness (QED) is 0.852. The number of amides is 1. The van der Waals surface area contributed by atoms with Gasteiger partial charge in [0.05, 0.1) is 12.2 Å². The molecule has 0 bridgehead atoms. The highest BCUT2D eigenvalue weighted by Crippen LogP contribution is 2.21. The molecule has 20 heavy (non-hydrogen) atoms. The predicted molar refractivity (Wildman–Crippen MR) is 77.1 cm³/mol. The molecule has 6 heteroatoms. The van der Waals surface area contributed by atoms with Crippen LogP contribution in [0.2, 0.25) is 0 Å². The third-order valence-electron chi connectivity index (χ3n) is 2.91. The number of likely N-dealkylation sites (N-methyl/N-ethyl adjacent to an activating group) is 1. The maximum absolute atomic E-state index is 11.9. The zero-order chi connectivity index (χ0) is 15.3. The largest absolute Gasteiger partial charge is 0.478 e. The van der Waals surface area contributed by atoms with Crippen LogP contribution < -0.4 is 4.90 Å². The van der Waals surface area contributed by atoms with E-state index in [0.717, 1.165) is 12.1 Å². The fourth-order valence-electron chi connectivity index (χ4n) is 1.83. The van der Waals surface area contributed by atoms with Crippen molar-refractivity contribution in [3.05, 3.63) is 23.5 Å². The van der Waals surface area contributed by atoms with E-state index in [1.54, 1.807) is 32.0 Å². The van der Waals surface area contributed by atoms with Crippen molar-refractivity contribution in [1.82, 2.24) is 9.88 Å². The number of pyridine rings is 1. The summed E-state index contributed by atoms with van der Waals surface area (Å²) >= 11 is 0. The highest BCUT2D eigenvalue weighted by molar-refractivity contribution is 5.95. The molecule has 0 aromatic carbocycles. The molecule has 0 aliphatic heterocycles. The van der Waals surface area contributed by atoms with Gasteiger partial charge in [0.1, 0.15) is 5.56 Å². The Kier molecular flexibility index (Phi) is 5.49.